The van der Waals surface area contributed by atoms with Crippen LogP contribution in [0.25, 0.3) is 0 Å². The lowest BCUT2D eigenvalue weighted by atomic mass is 10.0. The van der Waals surface area contributed by atoms with Crippen LogP contribution in [-0.2, 0) is 6.54 Å². The van der Waals surface area contributed by atoms with Crippen molar-refractivity contribution in [2.45, 2.75) is 32.4 Å². The van der Waals surface area contributed by atoms with Gasteiger partial charge in [-0.15, -0.1) is 0 Å². The van der Waals surface area contributed by atoms with Crippen molar-refractivity contribution in [1.82, 2.24) is 9.80 Å². The molecule has 116 valence electrons. The summed E-state index contributed by atoms with van der Waals surface area (Å²) in [6.07, 6.45) is 2.60. The molecule has 1 aliphatic heterocycles. The fraction of sp³-hybridized carbons (Fsp3) is 0.562. The molecule has 5 heteroatoms. The van der Waals surface area contributed by atoms with Crippen LogP contribution >= 0.6 is 0 Å². The van der Waals surface area contributed by atoms with Crippen molar-refractivity contribution in [3.05, 3.63) is 34.9 Å². The van der Waals surface area contributed by atoms with E-state index in [0.29, 0.717) is 6.04 Å². The number of hydrogen-bond donors (Lipinski definition) is 2. The van der Waals surface area contributed by atoms with Gasteiger partial charge in [-0.2, -0.15) is 0 Å². The Morgan fingerprint density at radius 1 is 1.52 bits per heavy atom. The number of likely N-dealkylation sites (N-methyl/N-ethyl adjacent to an activating group) is 2. The maximum atomic E-state index is 8.73. The lowest BCUT2D eigenvalue weighted by Crippen LogP contribution is -2.36. The number of benzene rings is 1. The summed E-state index contributed by atoms with van der Waals surface area (Å²) < 4.78 is 0. The largest absolute Gasteiger partial charge is 0.409 e. The van der Waals surface area contributed by atoms with Crippen LogP contribution in [0.4, 0.5) is 0 Å². The van der Waals surface area contributed by atoms with Crippen LogP contribution in [0.5, 0.6) is 0 Å². The van der Waals surface area contributed by atoms with E-state index in [4.69, 9.17) is 10.9 Å². The van der Waals surface area contributed by atoms with Crippen LogP contribution in [0.1, 0.15) is 29.5 Å². The van der Waals surface area contributed by atoms with E-state index in [0.717, 1.165) is 18.7 Å². The second-order valence-electron chi connectivity index (χ2n) is 6.10. The molecule has 0 bridgehead atoms. The van der Waals surface area contributed by atoms with Crippen LogP contribution < -0.4 is 5.73 Å². The predicted molar refractivity (Wildman–Crippen MR) is 85.7 cm³/mol. The summed E-state index contributed by atoms with van der Waals surface area (Å²) in [5.74, 6) is 0.158. The molecule has 0 aromatic heterocycles. The number of oxime groups is 1. The van der Waals surface area contributed by atoms with Crippen molar-refractivity contribution < 1.29 is 5.21 Å². The van der Waals surface area contributed by atoms with E-state index >= 15 is 0 Å². The molecule has 1 aromatic carbocycles. The molecule has 3 N–H and O–H groups in total. The smallest absolute Gasteiger partial charge is 0.170 e. The minimum Gasteiger partial charge on any atom is -0.409 e. The molecular weight excluding hydrogens is 264 g/mol. The number of hydrogen-bond acceptors (Lipinski definition) is 4. The highest BCUT2D eigenvalue weighted by Crippen LogP contribution is 2.18. The second-order valence-corrected chi connectivity index (χ2v) is 6.10. The quantitative estimate of drug-likeness (QED) is 0.374. The van der Waals surface area contributed by atoms with E-state index < -0.39 is 0 Å². The van der Waals surface area contributed by atoms with E-state index in [9.17, 15) is 0 Å². The van der Waals surface area contributed by atoms with Crippen LogP contribution in [0.15, 0.2) is 23.4 Å². The summed E-state index contributed by atoms with van der Waals surface area (Å²) in [7, 11) is 4.38. The number of nitrogens with two attached hydrogens (primary N) is 1. The second kappa shape index (κ2) is 6.91. The highest BCUT2D eigenvalue weighted by atomic mass is 16.4. The van der Waals surface area contributed by atoms with Gasteiger partial charge in [-0.1, -0.05) is 17.3 Å². The first-order valence-corrected chi connectivity index (χ1v) is 7.47. The summed E-state index contributed by atoms with van der Waals surface area (Å²) >= 11 is 0. The number of likely N-dealkylation sites (tertiary alicyclic amines) is 1. The van der Waals surface area contributed by atoms with Crippen molar-refractivity contribution in [2.24, 2.45) is 10.9 Å². The predicted octanol–water partition coefficient (Wildman–Crippen LogP) is 1.62. The molecule has 0 spiro atoms. The normalized spacial score (nSPS) is 20.4. The number of amidine groups is 1. The third kappa shape index (κ3) is 3.95. The van der Waals surface area contributed by atoms with Gasteiger partial charge in [-0.25, -0.2) is 0 Å². The molecule has 1 aromatic rings. The van der Waals surface area contributed by atoms with Gasteiger partial charge in [-0.05, 0) is 57.6 Å². The van der Waals surface area contributed by atoms with Gasteiger partial charge in [0.05, 0.1) is 0 Å². The molecule has 1 atom stereocenters. The fourth-order valence-corrected chi connectivity index (χ4v) is 3.02. The standard InChI is InChI=1S/C16H26N4O/c1-12-9-13(16(17)18-21)6-7-14(12)10-19(2)11-15-5-4-8-20(15)3/h6-7,9,15,21H,4-5,8,10-11H2,1-3H3,(H2,17,18). The lowest BCUT2D eigenvalue weighted by Gasteiger charge is -2.26. The first kappa shape index (κ1) is 15.8. The van der Waals surface area contributed by atoms with Crippen molar-refractivity contribution in [3.8, 4) is 0 Å². The van der Waals surface area contributed by atoms with Gasteiger partial charge in [0, 0.05) is 24.7 Å². The Morgan fingerprint density at radius 3 is 2.86 bits per heavy atom. The van der Waals surface area contributed by atoms with Gasteiger partial charge in [0.15, 0.2) is 5.84 Å². The zero-order valence-corrected chi connectivity index (χ0v) is 13.2. The van der Waals surface area contributed by atoms with Crippen LogP contribution in [-0.4, -0.2) is 54.1 Å². The van der Waals surface area contributed by atoms with Gasteiger partial charge in [0.1, 0.15) is 0 Å². The molecule has 1 saturated heterocycles. The molecule has 0 saturated carbocycles. The average Bonchev–Trinajstić information content (AvgIpc) is 2.85. The monoisotopic (exact) mass is 290 g/mol. The molecule has 0 radical (unpaired) electrons. The Balaban J connectivity index is 1.99. The fourth-order valence-electron chi connectivity index (χ4n) is 3.02. The Labute approximate surface area is 127 Å². The maximum absolute atomic E-state index is 8.73. The first-order valence-electron chi connectivity index (χ1n) is 7.47. The third-order valence-corrected chi connectivity index (χ3v) is 4.38. The molecule has 0 amide bonds. The Bertz CT molecular complexity index is 515. The maximum Gasteiger partial charge on any atom is 0.170 e. The molecule has 1 unspecified atom stereocenters. The lowest BCUT2D eigenvalue weighted by molar-refractivity contribution is 0.215. The number of rotatable bonds is 5. The summed E-state index contributed by atoms with van der Waals surface area (Å²) in [4.78, 5) is 4.82. The van der Waals surface area contributed by atoms with Gasteiger partial charge in [0.2, 0.25) is 0 Å². The number of nitrogens with zero attached hydrogens (tertiary/aromatic N) is 3. The van der Waals surface area contributed by atoms with Crippen molar-refractivity contribution in [2.75, 3.05) is 27.2 Å². The molecule has 1 aliphatic rings. The third-order valence-electron chi connectivity index (χ3n) is 4.38. The molecule has 21 heavy (non-hydrogen) atoms. The van der Waals surface area contributed by atoms with E-state index in [1.165, 1.54) is 30.5 Å². The summed E-state index contributed by atoms with van der Waals surface area (Å²) in [6.45, 7) is 5.30. The highest BCUT2D eigenvalue weighted by molar-refractivity contribution is 5.97. The molecule has 1 heterocycles. The highest BCUT2D eigenvalue weighted by Gasteiger charge is 2.22. The zero-order valence-electron chi connectivity index (χ0n) is 13.2. The van der Waals surface area contributed by atoms with Gasteiger partial charge < -0.3 is 20.7 Å². The molecule has 5 nitrogen and oxygen atoms in total. The first-order chi connectivity index (χ1) is 10.0. The molecule has 1 fully saturated rings. The van der Waals surface area contributed by atoms with Crippen LogP contribution in [0.3, 0.4) is 0 Å². The summed E-state index contributed by atoms with van der Waals surface area (Å²) in [5.41, 5.74) is 8.84. The Kier molecular flexibility index (Phi) is 5.20. The van der Waals surface area contributed by atoms with Gasteiger partial charge in [0.25, 0.3) is 0 Å². The van der Waals surface area contributed by atoms with E-state index in [1.807, 2.05) is 12.1 Å². The van der Waals surface area contributed by atoms with E-state index in [1.54, 1.807) is 0 Å². The molecule has 2 rings (SSSR count). The van der Waals surface area contributed by atoms with Crippen molar-refractivity contribution in [1.29, 1.82) is 0 Å². The van der Waals surface area contributed by atoms with Gasteiger partial charge >= 0.3 is 0 Å². The minimum atomic E-state index is 0.158. The minimum absolute atomic E-state index is 0.158. The molecule has 0 aliphatic carbocycles. The summed E-state index contributed by atoms with van der Waals surface area (Å²) in [6, 6.07) is 6.62. The Morgan fingerprint density at radius 2 is 2.29 bits per heavy atom. The van der Waals surface area contributed by atoms with E-state index in [-0.39, 0.29) is 5.84 Å². The topological polar surface area (TPSA) is 65.1 Å². The average molecular weight is 290 g/mol. The van der Waals surface area contributed by atoms with Crippen LogP contribution in [0, 0.1) is 6.92 Å². The number of aryl methyl sites for hydroxylation is 1. The van der Waals surface area contributed by atoms with Crippen molar-refractivity contribution in [3.63, 3.8) is 0 Å². The Hall–Kier alpha value is -1.59. The SMILES string of the molecule is Cc1cc(/C(N)=N/O)ccc1CN(C)CC1CCCN1C. The van der Waals surface area contributed by atoms with Crippen LogP contribution in [0.2, 0.25) is 0 Å². The zero-order chi connectivity index (χ0) is 15.4. The van der Waals surface area contributed by atoms with Crippen molar-refractivity contribution >= 4 is 5.84 Å². The molecular formula is C16H26N4O. The van der Waals surface area contributed by atoms with E-state index in [2.05, 4.69) is 42.0 Å². The van der Waals surface area contributed by atoms with Gasteiger partial charge in [-0.3, -0.25) is 0 Å². The summed E-state index contributed by atoms with van der Waals surface area (Å²) in [5, 5.41) is 11.8.